The number of carbonyl (C=O) groups excluding carboxylic acids is 1. The van der Waals surface area contributed by atoms with Gasteiger partial charge in [-0.15, -0.1) is 0 Å². The summed E-state index contributed by atoms with van der Waals surface area (Å²) in [5.74, 6) is 0.0259. The molecule has 0 saturated carbocycles. The van der Waals surface area contributed by atoms with Gasteiger partial charge in [-0.3, -0.25) is 9.78 Å². The molecule has 0 aliphatic rings. The topological polar surface area (TPSA) is 62.2 Å². The van der Waals surface area contributed by atoms with E-state index in [0.717, 1.165) is 33.3 Å². The molecule has 1 heterocycles. The summed E-state index contributed by atoms with van der Waals surface area (Å²) in [5.41, 5.74) is 4.42. The predicted molar refractivity (Wildman–Crippen MR) is 113 cm³/mol. The second-order valence-electron chi connectivity index (χ2n) is 6.41. The van der Waals surface area contributed by atoms with Gasteiger partial charge in [-0.25, -0.2) is 0 Å². The first-order chi connectivity index (χ1) is 13.7. The van der Waals surface area contributed by atoms with Crippen LogP contribution in [0.5, 0.6) is 5.75 Å². The van der Waals surface area contributed by atoms with Gasteiger partial charge in [0, 0.05) is 35.0 Å². The van der Waals surface area contributed by atoms with Crippen LogP contribution in [0.25, 0.3) is 28.1 Å². The summed E-state index contributed by atoms with van der Waals surface area (Å²) in [5, 5.41) is 13.4. The van der Waals surface area contributed by atoms with Crippen molar-refractivity contribution >= 4 is 28.6 Å². The molecule has 1 aromatic heterocycles. The maximum atomic E-state index is 12.1. The quantitative estimate of drug-likeness (QED) is 0.484. The molecule has 0 unspecified atom stereocenters. The fraction of sp³-hybridized carbons (Fsp3) is 0. The van der Waals surface area contributed by atoms with E-state index in [1.807, 2.05) is 66.7 Å². The van der Waals surface area contributed by atoms with Crippen molar-refractivity contribution in [2.24, 2.45) is 0 Å². The molecule has 4 nitrogen and oxygen atoms in total. The van der Waals surface area contributed by atoms with E-state index in [0.29, 0.717) is 0 Å². The minimum atomic E-state index is -0.177. The number of hydrogen-bond acceptors (Lipinski definition) is 3. The SMILES string of the molecule is O=C(/C=C/c1ccccc1)Nc1ccc(-c2cnc3cc(O)ccc3c2)cc1. The van der Waals surface area contributed by atoms with Crippen LogP contribution in [0.2, 0.25) is 0 Å². The van der Waals surface area contributed by atoms with E-state index in [1.165, 1.54) is 6.08 Å². The fourth-order valence-corrected chi connectivity index (χ4v) is 2.93. The number of carbonyl (C=O) groups is 1. The highest BCUT2D eigenvalue weighted by molar-refractivity contribution is 6.02. The van der Waals surface area contributed by atoms with E-state index in [-0.39, 0.29) is 11.7 Å². The Morgan fingerprint density at radius 3 is 2.46 bits per heavy atom. The normalized spacial score (nSPS) is 11.0. The van der Waals surface area contributed by atoms with E-state index in [1.54, 1.807) is 24.4 Å². The molecule has 0 aliphatic carbocycles. The van der Waals surface area contributed by atoms with Crippen LogP contribution in [-0.2, 0) is 4.79 Å². The number of phenolic OH excluding ortho intramolecular Hbond substituents is 1. The molecule has 136 valence electrons. The van der Waals surface area contributed by atoms with Crippen molar-refractivity contribution in [3.05, 3.63) is 96.7 Å². The van der Waals surface area contributed by atoms with Crippen molar-refractivity contribution in [2.75, 3.05) is 5.32 Å². The minimum Gasteiger partial charge on any atom is -0.508 e. The molecular formula is C24H18N2O2. The van der Waals surface area contributed by atoms with Gasteiger partial charge in [-0.1, -0.05) is 42.5 Å². The van der Waals surface area contributed by atoms with Crippen molar-refractivity contribution in [1.29, 1.82) is 0 Å². The molecule has 0 saturated heterocycles. The summed E-state index contributed by atoms with van der Waals surface area (Å²) >= 11 is 0. The summed E-state index contributed by atoms with van der Waals surface area (Å²) in [4.78, 5) is 16.5. The summed E-state index contributed by atoms with van der Waals surface area (Å²) in [6, 6.07) is 24.5. The molecule has 0 fully saturated rings. The third-order valence-corrected chi connectivity index (χ3v) is 4.38. The standard InChI is InChI=1S/C24H18N2O2/c27-22-12-9-19-14-20(16-25-23(19)15-22)18-7-10-21(11-8-18)26-24(28)13-6-17-4-2-1-3-5-17/h1-16,27H,(H,26,28)/b13-6+. The number of phenols is 1. The van der Waals surface area contributed by atoms with Crippen LogP contribution in [0, 0.1) is 0 Å². The third-order valence-electron chi connectivity index (χ3n) is 4.38. The highest BCUT2D eigenvalue weighted by atomic mass is 16.3. The van der Waals surface area contributed by atoms with Gasteiger partial charge in [0.15, 0.2) is 0 Å². The largest absolute Gasteiger partial charge is 0.508 e. The molecule has 0 atom stereocenters. The number of aromatic hydroxyl groups is 1. The second-order valence-corrected chi connectivity index (χ2v) is 6.41. The Bertz CT molecular complexity index is 1150. The Balaban J connectivity index is 1.47. The molecule has 4 heteroatoms. The zero-order chi connectivity index (χ0) is 19.3. The summed E-state index contributed by atoms with van der Waals surface area (Å²) < 4.78 is 0. The molecule has 2 N–H and O–H groups in total. The van der Waals surface area contributed by atoms with Gasteiger partial charge in [0.1, 0.15) is 5.75 Å². The number of fused-ring (bicyclic) bond motifs is 1. The first kappa shape index (κ1) is 17.5. The van der Waals surface area contributed by atoms with Crippen molar-refractivity contribution < 1.29 is 9.90 Å². The number of benzene rings is 3. The Morgan fingerprint density at radius 2 is 1.68 bits per heavy atom. The predicted octanol–water partition coefficient (Wildman–Crippen LogP) is 5.26. The van der Waals surface area contributed by atoms with Gasteiger partial charge >= 0.3 is 0 Å². The first-order valence-electron chi connectivity index (χ1n) is 8.91. The van der Waals surface area contributed by atoms with Crippen LogP contribution in [-0.4, -0.2) is 16.0 Å². The van der Waals surface area contributed by atoms with Gasteiger partial charge < -0.3 is 10.4 Å². The zero-order valence-electron chi connectivity index (χ0n) is 15.0. The van der Waals surface area contributed by atoms with Crippen LogP contribution in [0.1, 0.15) is 5.56 Å². The molecule has 0 bridgehead atoms. The second kappa shape index (κ2) is 7.76. The number of hydrogen-bond donors (Lipinski definition) is 2. The average Bonchev–Trinajstić information content (AvgIpc) is 2.73. The monoisotopic (exact) mass is 366 g/mol. The Kier molecular flexibility index (Phi) is 4.85. The molecule has 28 heavy (non-hydrogen) atoms. The van der Waals surface area contributed by atoms with Gasteiger partial charge in [0.25, 0.3) is 0 Å². The van der Waals surface area contributed by atoms with Crippen molar-refractivity contribution in [2.45, 2.75) is 0 Å². The average molecular weight is 366 g/mol. The summed E-state index contributed by atoms with van der Waals surface area (Å²) in [6.45, 7) is 0. The summed E-state index contributed by atoms with van der Waals surface area (Å²) in [6.07, 6.45) is 5.08. The maximum Gasteiger partial charge on any atom is 0.248 e. The van der Waals surface area contributed by atoms with E-state index in [9.17, 15) is 9.90 Å². The Labute approximate surface area is 162 Å². The smallest absolute Gasteiger partial charge is 0.248 e. The Morgan fingerprint density at radius 1 is 0.893 bits per heavy atom. The van der Waals surface area contributed by atoms with Gasteiger partial charge in [0.2, 0.25) is 5.91 Å². The molecule has 4 aromatic rings. The van der Waals surface area contributed by atoms with Crippen molar-refractivity contribution in [3.8, 4) is 16.9 Å². The van der Waals surface area contributed by atoms with Gasteiger partial charge in [0.05, 0.1) is 5.52 Å². The highest BCUT2D eigenvalue weighted by Crippen LogP contribution is 2.25. The van der Waals surface area contributed by atoms with Crippen molar-refractivity contribution in [1.82, 2.24) is 4.98 Å². The fourth-order valence-electron chi connectivity index (χ4n) is 2.93. The van der Waals surface area contributed by atoms with Gasteiger partial charge in [-0.05, 0) is 47.5 Å². The van der Waals surface area contributed by atoms with E-state index in [2.05, 4.69) is 10.3 Å². The molecule has 3 aromatic carbocycles. The number of rotatable bonds is 4. The molecule has 4 rings (SSSR count). The first-order valence-corrected chi connectivity index (χ1v) is 8.91. The zero-order valence-corrected chi connectivity index (χ0v) is 15.0. The summed E-state index contributed by atoms with van der Waals surface area (Å²) in [7, 11) is 0. The number of nitrogens with one attached hydrogen (secondary N) is 1. The lowest BCUT2D eigenvalue weighted by molar-refractivity contribution is -0.111. The van der Waals surface area contributed by atoms with Gasteiger partial charge in [-0.2, -0.15) is 0 Å². The molecule has 1 amide bonds. The third kappa shape index (κ3) is 4.07. The molecule has 0 radical (unpaired) electrons. The molecular weight excluding hydrogens is 348 g/mol. The van der Waals surface area contributed by atoms with Crippen LogP contribution >= 0.6 is 0 Å². The maximum absolute atomic E-state index is 12.1. The lowest BCUT2D eigenvalue weighted by Gasteiger charge is -2.06. The van der Waals surface area contributed by atoms with Crippen molar-refractivity contribution in [3.63, 3.8) is 0 Å². The minimum absolute atomic E-state index is 0.177. The molecule has 0 aliphatic heterocycles. The Hall–Kier alpha value is -3.92. The van der Waals surface area contributed by atoms with Crippen LogP contribution in [0.3, 0.4) is 0 Å². The molecule has 0 spiro atoms. The number of aromatic nitrogens is 1. The highest BCUT2D eigenvalue weighted by Gasteiger charge is 2.03. The van der Waals surface area contributed by atoms with Crippen LogP contribution in [0.15, 0.2) is 91.1 Å². The number of pyridine rings is 1. The van der Waals surface area contributed by atoms with E-state index in [4.69, 9.17) is 0 Å². The lowest BCUT2D eigenvalue weighted by Crippen LogP contribution is -2.07. The van der Waals surface area contributed by atoms with Crippen LogP contribution in [0.4, 0.5) is 5.69 Å². The number of nitrogens with zero attached hydrogens (tertiary/aromatic N) is 1. The van der Waals surface area contributed by atoms with E-state index >= 15 is 0 Å². The van der Waals surface area contributed by atoms with Crippen LogP contribution < -0.4 is 5.32 Å². The lowest BCUT2D eigenvalue weighted by atomic mass is 10.0. The van der Waals surface area contributed by atoms with E-state index < -0.39 is 0 Å². The number of anilines is 1. The number of amides is 1.